The molecule has 5 rings (SSSR count). The van der Waals surface area contributed by atoms with Crippen molar-refractivity contribution in [2.45, 2.75) is 44.8 Å². The molecule has 1 unspecified atom stereocenters. The normalized spacial score (nSPS) is 28.8. The Kier molecular flexibility index (Phi) is 5.39. The summed E-state index contributed by atoms with van der Waals surface area (Å²) < 4.78 is 63.2. The molecule has 0 spiro atoms. The fourth-order valence-corrected chi connectivity index (χ4v) is 5.43. The zero-order valence-electron chi connectivity index (χ0n) is 20.6. The highest BCUT2D eigenvalue weighted by Gasteiger charge is 2.43. The predicted molar refractivity (Wildman–Crippen MR) is 118 cm³/mol. The zero-order valence-corrected chi connectivity index (χ0v) is 18.6. The third kappa shape index (κ3) is 4.99. The van der Waals surface area contributed by atoms with Crippen molar-refractivity contribution in [3.63, 3.8) is 0 Å². The van der Waals surface area contributed by atoms with E-state index in [9.17, 15) is 13.2 Å². The van der Waals surface area contributed by atoms with Gasteiger partial charge in [-0.1, -0.05) is 6.92 Å². The van der Waals surface area contributed by atoms with Crippen molar-refractivity contribution in [1.82, 2.24) is 20.1 Å². The molecule has 1 saturated carbocycles. The number of anilines is 1. The quantitative estimate of drug-likeness (QED) is 0.705. The molecule has 3 atom stereocenters. The molecule has 3 fully saturated rings. The van der Waals surface area contributed by atoms with Gasteiger partial charge in [0, 0.05) is 59.5 Å². The molecule has 9 heteroatoms. The van der Waals surface area contributed by atoms with Gasteiger partial charge in [-0.15, -0.1) is 10.2 Å². The van der Waals surface area contributed by atoms with Crippen molar-refractivity contribution in [1.29, 1.82) is 0 Å². The summed E-state index contributed by atoms with van der Waals surface area (Å²) in [4.78, 5) is 5.84. The van der Waals surface area contributed by atoms with E-state index < -0.39 is 23.7 Å². The van der Waals surface area contributed by atoms with E-state index in [1.807, 2.05) is 11.8 Å². The SMILES string of the molecule is [2H]C([2H])(N1C[C@H]2CC(Nc3ccc(-c4cnccc4C(F)(F)F)nn3)C[C@H]2C1)C1(C)CCOCC1. The first-order chi connectivity index (χ1) is 16.6. The summed E-state index contributed by atoms with van der Waals surface area (Å²) >= 11 is 0. The fraction of sp³-hybridized carbons (Fsp3) is 0.625. The number of aromatic nitrogens is 3. The second kappa shape index (κ2) is 8.83. The molecule has 2 aromatic heterocycles. The molecule has 0 aromatic carbocycles. The first-order valence-corrected chi connectivity index (χ1v) is 11.5. The number of likely N-dealkylation sites (tertiary alicyclic amines) is 1. The number of nitrogens with one attached hydrogen (secondary N) is 1. The maximum atomic E-state index is 13.3. The first kappa shape index (κ1) is 20.1. The van der Waals surface area contributed by atoms with Gasteiger partial charge in [-0.3, -0.25) is 4.98 Å². The third-order valence-corrected chi connectivity index (χ3v) is 7.19. The Morgan fingerprint density at radius 1 is 1.15 bits per heavy atom. The van der Waals surface area contributed by atoms with E-state index in [-0.39, 0.29) is 17.3 Å². The number of ether oxygens (including phenoxy) is 1. The molecule has 2 aromatic rings. The molecule has 0 amide bonds. The zero-order chi connectivity index (χ0) is 24.8. The van der Waals surface area contributed by atoms with Gasteiger partial charge >= 0.3 is 6.18 Å². The van der Waals surface area contributed by atoms with Gasteiger partial charge in [0.05, 0.1) is 11.3 Å². The van der Waals surface area contributed by atoms with Gasteiger partial charge < -0.3 is 15.0 Å². The molecule has 6 nitrogen and oxygen atoms in total. The van der Waals surface area contributed by atoms with Crippen molar-refractivity contribution in [2.24, 2.45) is 17.3 Å². The number of halogens is 3. The molecule has 4 heterocycles. The number of rotatable bonds is 5. The number of hydrogen-bond acceptors (Lipinski definition) is 6. The van der Waals surface area contributed by atoms with Gasteiger partial charge in [0.2, 0.25) is 0 Å². The Morgan fingerprint density at radius 2 is 1.88 bits per heavy atom. The number of hydrogen-bond donors (Lipinski definition) is 1. The molecule has 1 N–H and O–H groups in total. The van der Waals surface area contributed by atoms with E-state index in [4.69, 9.17) is 7.48 Å². The van der Waals surface area contributed by atoms with Crippen LogP contribution in [0.3, 0.4) is 0 Å². The van der Waals surface area contributed by atoms with E-state index in [0.717, 1.165) is 57.2 Å². The molecule has 1 aliphatic carbocycles. The highest BCUT2D eigenvalue weighted by Crippen LogP contribution is 2.41. The number of nitrogens with zero attached hydrogens (tertiary/aromatic N) is 4. The fourth-order valence-electron chi connectivity index (χ4n) is 5.43. The Hall–Kier alpha value is -2.26. The van der Waals surface area contributed by atoms with Crippen LogP contribution in [0, 0.1) is 17.3 Å². The van der Waals surface area contributed by atoms with Crippen LogP contribution in [-0.4, -0.2) is 58.9 Å². The lowest BCUT2D eigenvalue weighted by Crippen LogP contribution is -2.39. The molecular formula is C24H30F3N5O. The molecule has 3 aliphatic rings. The Labute approximate surface area is 194 Å². The summed E-state index contributed by atoms with van der Waals surface area (Å²) in [6.45, 7) is 3.37. The lowest BCUT2D eigenvalue weighted by atomic mass is 9.82. The molecular weight excluding hydrogens is 431 g/mol. The largest absolute Gasteiger partial charge is 0.417 e. The summed E-state index contributed by atoms with van der Waals surface area (Å²) in [6, 6.07) is 4.30. The Balaban J connectivity index is 1.20. The highest BCUT2D eigenvalue weighted by molar-refractivity contribution is 5.63. The van der Waals surface area contributed by atoms with Crippen LogP contribution in [0.1, 0.15) is 40.9 Å². The van der Waals surface area contributed by atoms with Crippen LogP contribution in [0.15, 0.2) is 30.6 Å². The van der Waals surface area contributed by atoms with E-state index >= 15 is 0 Å². The van der Waals surface area contributed by atoms with E-state index in [1.54, 1.807) is 6.07 Å². The van der Waals surface area contributed by atoms with Crippen LogP contribution in [-0.2, 0) is 10.9 Å². The summed E-state index contributed by atoms with van der Waals surface area (Å²) in [6.07, 6.45) is 1.04. The molecule has 2 saturated heterocycles. The second-order valence-corrected chi connectivity index (χ2v) is 9.75. The lowest BCUT2D eigenvalue weighted by Gasteiger charge is -2.37. The Morgan fingerprint density at radius 3 is 2.52 bits per heavy atom. The van der Waals surface area contributed by atoms with Gasteiger partial charge in [0.1, 0.15) is 5.82 Å². The van der Waals surface area contributed by atoms with Crippen molar-refractivity contribution >= 4 is 5.82 Å². The first-order valence-electron chi connectivity index (χ1n) is 12.5. The average molecular weight is 464 g/mol. The topological polar surface area (TPSA) is 63.2 Å². The van der Waals surface area contributed by atoms with Crippen LogP contribution in [0.2, 0.25) is 0 Å². The molecule has 178 valence electrons. The van der Waals surface area contributed by atoms with Gasteiger partial charge in [0.15, 0.2) is 0 Å². The summed E-state index contributed by atoms with van der Waals surface area (Å²) in [5, 5.41) is 11.5. The van der Waals surface area contributed by atoms with Crippen LogP contribution in [0.25, 0.3) is 11.3 Å². The summed E-state index contributed by atoms with van der Waals surface area (Å²) in [7, 11) is 0. The van der Waals surface area contributed by atoms with Crippen LogP contribution < -0.4 is 5.32 Å². The van der Waals surface area contributed by atoms with Crippen LogP contribution in [0.4, 0.5) is 19.0 Å². The van der Waals surface area contributed by atoms with Crippen LogP contribution >= 0.6 is 0 Å². The summed E-state index contributed by atoms with van der Waals surface area (Å²) in [5.41, 5.74) is -1.16. The van der Waals surface area contributed by atoms with Gasteiger partial charge in [-0.25, -0.2) is 0 Å². The maximum Gasteiger partial charge on any atom is 0.417 e. The van der Waals surface area contributed by atoms with Gasteiger partial charge in [-0.05, 0) is 61.1 Å². The molecule has 2 aliphatic heterocycles. The lowest BCUT2D eigenvalue weighted by molar-refractivity contribution is -0.137. The van der Waals surface area contributed by atoms with E-state index in [2.05, 4.69) is 20.5 Å². The number of pyridine rings is 1. The number of fused-ring (bicyclic) bond motifs is 1. The highest BCUT2D eigenvalue weighted by atomic mass is 19.4. The monoisotopic (exact) mass is 463 g/mol. The molecule has 33 heavy (non-hydrogen) atoms. The molecule has 0 bridgehead atoms. The second-order valence-electron chi connectivity index (χ2n) is 9.75. The average Bonchev–Trinajstić information content (AvgIpc) is 3.39. The van der Waals surface area contributed by atoms with Gasteiger partial charge in [0.25, 0.3) is 0 Å². The van der Waals surface area contributed by atoms with Crippen molar-refractivity contribution in [3.05, 3.63) is 36.2 Å². The smallest absolute Gasteiger partial charge is 0.381 e. The van der Waals surface area contributed by atoms with Crippen molar-refractivity contribution in [2.75, 3.05) is 38.1 Å². The van der Waals surface area contributed by atoms with Crippen molar-refractivity contribution in [3.8, 4) is 11.3 Å². The van der Waals surface area contributed by atoms with Crippen molar-refractivity contribution < 1.29 is 20.6 Å². The Bertz CT molecular complexity index is 1030. The predicted octanol–water partition coefficient (Wildman–Crippen LogP) is 4.50. The summed E-state index contributed by atoms with van der Waals surface area (Å²) in [5.74, 6) is 1.34. The van der Waals surface area contributed by atoms with Gasteiger partial charge in [-0.2, -0.15) is 13.2 Å². The third-order valence-electron chi connectivity index (χ3n) is 7.19. The van der Waals surface area contributed by atoms with E-state index in [0.29, 0.717) is 30.9 Å². The number of alkyl halides is 3. The van der Waals surface area contributed by atoms with E-state index in [1.165, 1.54) is 6.07 Å². The maximum absolute atomic E-state index is 13.3. The molecule has 0 radical (unpaired) electrons. The van der Waals surface area contributed by atoms with Crippen LogP contribution in [0.5, 0.6) is 0 Å². The minimum Gasteiger partial charge on any atom is -0.381 e. The minimum atomic E-state index is -4.50. The minimum absolute atomic E-state index is 0.0953. The standard InChI is InChI=1S/C24H30F3N5O/c1-23(5-8-33-9-6-23)15-32-13-16-10-18(11-17(16)14-32)29-22-3-2-21(30-31-22)19-12-28-7-4-20(19)24(25,26)27/h2-4,7,12,16-18H,5-6,8-11,13-15H2,1H3,(H,29,31)/t16-,17+,18?/i15D2.